The molecule has 1 saturated heterocycles. The van der Waals surface area contributed by atoms with Crippen LogP contribution in [0.15, 0.2) is 0 Å². The molecule has 1 heterocycles. The van der Waals surface area contributed by atoms with Crippen molar-refractivity contribution in [3.05, 3.63) is 0 Å². The van der Waals surface area contributed by atoms with E-state index in [-0.39, 0.29) is 30.3 Å². The van der Waals surface area contributed by atoms with E-state index in [1.54, 1.807) is 6.92 Å². The number of rotatable bonds is 6. The second-order valence-corrected chi connectivity index (χ2v) is 10.7. The standard InChI is InChI=1S/C23H33N3O5/c1-14(19(28)24-22-11-15-8-16(12-22)10-17(9-15)13-22)31-18(27)4-7-26-20(29)23(25-21(26)30)5-2-3-6-23/h14-17H,2-13H2,1H3,(H,24,28)(H,25,30)/t14-,15?,16?,17?,22?/m0/s1. The number of carbonyl (C=O) groups is 4. The topological polar surface area (TPSA) is 105 Å². The lowest BCUT2D eigenvalue weighted by Crippen LogP contribution is -2.61. The molecule has 0 aromatic heterocycles. The molecule has 8 nitrogen and oxygen atoms in total. The zero-order chi connectivity index (χ0) is 21.8. The van der Waals surface area contributed by atoms with E-state index in [1.807, 2.05) is 0 Å². The third-order valence-electron chi connectivity index (χ3n) is 8.35. The van der Waals surface area contributed by atoms with Gasteiger partial charge in [0, 0.05) is 12.1 Å². The Balaban J connectivity index is 1.11. The van der Waals surface area contributed by atoms with Crippen LogP contribution in [0.25, 0.3) is 0 Å². The van der Waals surface area contributed by atoms with Crippen molar-refractivity contribution < 1.29 is 23.9 Å². The van der Waals surface area contributed by atoms with Crippen LogP contribution >= 0.6 is 0 Å². The van der Waals surface area contributed by atoms with E-state index in [4.69, 9.17) is 4.74 Å². The van der Waals surface area contributed by atoms with E-state index in [0.29, 0.717) is 12.8 Å². The SMILES string of the molecule is C[C@H](OC(=O)CCN1C(=O)NC2(CCCC2)C1=O)C(=O)NC12CC3CC(CC(C3)C1)C2. The lowest BCUT2D eigenvalue weighted by Gasteiger charge is -2.57. The van der Waals surface area contributed by atoms with Crippen LogP contribution in [0.5, 0.6) is 0 Å². The number of hydrogen-bond acceptors (Lipinski definition) is 5. The third-order valence-corrected chi connectivity index (χ3v) is 8.35. The van der Waals surface area contributed by atoms with Crippen molar-refractivity contribution in [1.82, 2.24) is 15.5 Å². The van der Waals surface area contributed by atoms with Gasteiger partial charge < -0.3 is 15.4 Å². The van der Waals surface area contributed by atoms with E-state index in [2.05, 4.69) is 10.6 Å². The van der Waals surface area contributed by atoms with Crippen molar-refractivity contribution in [3.8, 4) is 0 Å². The minimum atomic E-state index is -0.884. The van der Waals surface area contributed by atoms with Gasteiger partial charge in [0.25, 0.3) is 11.8 Å². The van der Waals surface area contributed by atoms with Crippen LogP contribution < -0.4 is 10.6 Å². The fourth-order valence-electron chi connectivity index (χ4n) is 7.34. The highest BCUT2D eigenvalue weighted by molar-refractivity contribution is 6.07. The lowest BCUT2D eigenvalue weighted by atomic mass is 9.53. The molecule has 5 saturated carbocycles. The average Bonchev–Trinajstić information content (AvgIpc) is 3.24. The van der Waals surface area contributed by atoms with Crippen LogP contribution in [0.4, 0.5) is 4.79 Å². The summed E-state index contributed by atoms with van der Waals surface area (Å²) in [4.78, 5) is 51.1. The number of carbonyl (C=O) groups excluding carboxylic acids is 4. The summed E-state index contributed by atoms with van der Waals surface area (Å²) in [6, 6.07) is -0.438. The largest absolute Gasteiger partial charge is 0.452 e. The van der Waals surface area contributed by atoms with Crippen LogP contribution in [-0.2, 0) is 19.1 Å². The summed E-state index contributed by atoms with van der Waals surface area (Å²) in [5, 5.41) is 6.03. The molecular formula is C23H33N3O5. The molecule has 31 heavy (non-hydrogen) atoms. The van der Waals surface area contributed by atoms with E-state index >= 15 is 0 Å². The number of nitrogens with one attached hydrogen (secondary N) is 2. The van der Waals surface area contributed by atoms with Gasteiger partial charge in [0.1, 0.15) is 5.54 Å². The monoisotopic (exact) mass is 431 g/mol. The van der Waals surface area contributed by atoms with Gasteiger partial charge in [-0.15, -0.1) is 0 Å². The first-order valence-corrected chi connectivity index (χ1v) is 11.9. The van der Waals surface area contributed by atoms with E-state index < -0.39 is 23.6 Å². The van der Waals surface area contributed by atoms with Crippen LogP contribution in [0, 0.1) is 17.8 Å². The molecule has 8 heteroatoms. The number of imide groups is 1. The average molecular weight is 432 g/mol. The zero-order valence-corrected chi connectivity index (χ0v) is 18.3. The molecule has 0 aromatic rings. The molecule has 1 spiro atoms. The summed E-state index contributed by atoms with van der Waals surface area (Å²) in [7, 11) is 0. The maximum absolute atomic E-state index is 12.8. The van der Waals surface area contributed by atoms with Crippen molar-refractivity contribution in [3.63, 3.8) is 0 Å². The first kappa shape index (κ1) is 20.8. The van der Waals surface area contributed by atoms with E-state index in [1.165, 1.54) is 19.3 Å². The van der Waals surface area contributed by atoms with Crippen molar-refractivity contribution in [2.24, 2.45) is 17.8 Å². The summed E-state index contributed by atoms with van der Waals surface area (Å²) in [5.74, 6) is 1.11. The minimum Gasteiger partial charge on any atom is -0.452 e. The molecule has 0 aromatic carbocycles. The minimum absolute atomic E-state index is 0.0193. The highest BCUT2D eigenvalue weighted by atomic mass is 16.5. The van der Waals surface area contributed by atoms with Gasteiger partial charge in [-0.3, -0.25) is 19.3 Å². The highest BCUT2D eigenvalue weighted by Crippen LogP contribution is 2.55. The first-order valence-electron chi connectivity index (χ1n) is 11.9. The molecule has 1 atom stereocenters. The maximum Gasteiger partial charge on any atom is 0.325 e. The molecule has 4 bridgehead atoms. The lowest BCUT2D eigenvalue weighted by molar-refractivity contribution is -0.157. The Morgan fingerprint density at radius 3 is 2.26 bits per heavy atom. The smallest absolute Gasteiger partial charge is 0.325 e. The summed E-state index contributed by atoms with van der Waals surface area (Å²) < 4.78 is 5.35. The van der Waals surface area contributed by atoms with Crippen LogP contribution in [0.3, 0.4) is 0 Å². The molecule has 170 valence electrons. The number of urea groups is 1. The fourth-order valence-corrected chi connectivity index (χ4v) is 7.34. The van der Waals surface area contributed by atoms with Crippen LogP contribution in [0.1, 0.15) is 77.6 Å². The third kappa shape index (κ3) is 3.72. The predicted octanol–water partition coefficient (Wildman–Crippen LogP) is 2.26. The van der Waals surface area contributed by atoms with Gasteiger partial charge in [0.2, 0.25) is 0 Å². The van der Waals surface area contributed by atoms with Gasteiger partial charge in [0.15, 0.2) is 6.10 Å². The van der Waals surface area contributed by atoms with Crippen LogP contribution in [-0.4, -0.2) is 52.4 Å². The normalized spacial score (nSPS) is 36.0. The Morgan fingerprint density at radius 2 is 1.68 bits per heavy atom. The molecular weight excluding hydrogens is 398 g/mol. The second kappa shape index (κ2) is 7.48. The fraction of sp³-hybridized carbons (Fsp3) is 0.826. The molecule has 5 aliphatic carbocycles. The predicted molar refractivity (Wildman–Crippen MR) is 111 cm³/mol. The van der Waals surface area contributed by atoms with Gasteiger partial charge in [-0.05, 0) is 76.0 Å². The Hall–Kier alpha value is -2.12. The number of ether oxygens (including phenoxy) is 1. The van der Waals surface area contributed by atoms with Crippen molar-refractivity contribution in [1.29, 1.82) is 0 Å². The van der Waals surface area contributed by atoms with Crippen LogP contribution in [0.2, 0.25) is 0 Å². The second-order valence-electron chi connectivity index (χ2n) is 10.7. The Bertz CT molecular complexity index is 768. The van der Waals surface area contributed by atoms with E-state index in [0.717, 1.165) is 54.8 Å². The molecule has 6 aliphatic rings. The molecule has 1 aliphatic heterocycles. The van der Waals surface area contributed by atoms with Gasteiger partial charge in [-0.25, -0.2) is 4.79 Å². The maximum atomic E-state index is 12.8. The number of nitrogens with zero attached hydrogens (tertiary/aromatic N) is 1. The quantitative estimate of drug-likeness (QED) is 0.496. The summed E-state index contributed by atoms with van der Waals surface area (Å²) in [6.45, 7) is 1.57. The van der Waals surface area contributed by atoms with Gasteiger partial charge in [-0.1, -0.05) is 12.8 Å². The number of amides is 4. The van der Waals surface area contributed by atoms with Gasteiger partial charge >= 0.3 is 12.0 Å². The molecule has 6 rings (SSSR count). The highest BCUT2D eigenvalue weighted by Gasteiger charge is 2.53. The Kier molecular flexibility index (Phi) is 5.01. The Labute approximate surface area is 182 Å². The Morgan fingerprint density at radius 1 is 1.10 bits per heavy atom. The van der Waals surface area contributed by atoms with Crippen molar-refractivity contribution >= 4 is 23.8 Å². The van der Waals surface area contributed by atoms with Crippen molar-refractivity contribution in [2.45, 2.75) is 94.7 Å². The molecule has 2 N–H and O–H groups in total. The summed E-state index contributed by atoms with van der Waals surface area (Å²) in [6.07, 6.45) is 9.15. The molecule has 0 radical (unpaired) electrons. The van der Waals surface area contributed by atoms with Crippen molar-refractivity contribution in [2.75, 3.05) is 6.54 Å². The zero-order valence-electron chi connectivity index (χ0n) is 18.3. The summed E-state index contributed by atoms with van der Waals surface area (Å²) >= 11 is 0. The number of esters is 1. The molecule has 4 amide bonds. The summed E-state index contributed by atoms with van der Waals surface area (Å²) in [5.41, 5.74) is -0.895. The molecule has 0 unspecified atom stereocenters. The first-order chi connectivity index (χ1) is 14.8. The molecule has 6 fully saturated rings. The van der Waals surface area contributed by atoms with E-state index in [9.17, 15) is 19.2 Å². The van der Waals surface area contributed by atoms with Gasteiger partial charge in [-0.2, -0.15) is 0 Å². The van der Waals surface area contributed by atoms with Gasteiger partial charge in [0.05, 0.1) is 6.42 Å². The number of hydrogen-bond donors (Lipinski definition) is 2.